The van der Waals surface area contributed by atoms with Gasteiger partial charge in [-0.3, -0.25) is 0 Å². The van der Waals surface area contributed by atoms with E-state index in [4.69, 9.17) is 0 Å². The monoisotopic (exact) mass is 298 g/mol. The Morgan fingerprint density at radius 2 is 1.71 bits per heavy atom. The number of nitrogens with zero attached hydrogens (tertiary/aromatic N) is 1. The van der Waals surface area contributed by atoms with Crippen molar-refractivity contribution in [3.8, 4) is 0 Å². The SMILES string of the molecule is CN(C(=O)NC(C(=O)O)C(C)(C)C)C1CCC(C)(C)CC1. The summed E-state index contributed by atoms with van der Waals surface area (Å²) in [6.07, 6.45) is 4.14. The summed E-state index contributed by atoms with van der Waals surface area (Å²) < 4.78 is 0. The van der Waals surface area contributed by atoms with Crippen LogP contribution in [0.25, 0.3) is 0 Å². The maximum Gasteiger partial charge on any atom is 0.326 e. The van der Waals surface area contributed by atoms with E-state index >= 15 is 0 Å². The molecule has 1 atom stereocenters. The zero-order chi connectivity index (χ0) is 16.4. The van der Waals surface area contributed by atoms with Crippen LogP contribution in [-0.4, -0.2) is 41.1 Å². The molecular weight excluding hydrogens is 268 g/mol. The van der Waals surface area contributed by atoms with E-state index in [2.05, 4.69) is 19.2 Å². The van der Waals surface area contributed by atoms with Crippen molar-refractivity contribution in [2.75, 3.05) is 7.05 Å². The zero-order valence-electron chi connectivity index (χ0n) is 14.2. The highest BCUT2D eigenvalue weighted by Gasteiger charge is 2.35. The Kier molecular flexibility index (Phi) is 5.29. The predicted molar refractivity (Wildman–Crippen MR) is 83.2 cm³/mol. The Balaban J connectivity index is 2.64. The van der Waals surface area contributed by atoms with E-state index in [1.165, 1.54) is 0 Å². The lowest BCUT2D eigenvalue weighted by molar-refractivity contribution is -0.142. The van der Waals surface area contributed by atoms with Crippen LogP contribution in [0.1, 0.15) is 60.3 Å². The molecule has 0 radical (unpaired) electrons. The summed E-state index contributed by atoms with van der Waals surface area (Å²) in [4.78, 5) is 25.3. The van der Waals surface area contributed by atoms with Gasteiger partial charge in [-0.2, -0.15) is 0 Å². The van der Waals surface area contributed by atoms with Crippen molar-refractivity contribution in [3.63, 3.8) is 0 Å². The number of carboxylic acids is 1. The molecule has 0 aromatic carbocycles. The van der Waals surface area contributed by atoms with Gasteiger partial charge in [0, 0.05) is 13.1 Å². The largest absolute Gasteiger partial charge is 0.480 e. The molecule has 2 amide bonds. The zero-order valence-corrected chi connectivity index (χ0v) is 14.2. The van der Waals surface area contributed by atoms with Crippen molar-refractivity contribution in [3.05, 3.63) is 0 Å². The molecule has 1 saturated carbocycles. The number of rotatable bonds is 3. The molecular formula is C16H30N2O3. The van der Waals surface area contributed by atoms with Gasteiger partial charge < -0.3 is 15.3 Å². The van der Waals surface area contributed by atoms with Crippen LogP contribution in [-0.2, 0) is 4.79 Å². The number of carbonyl (C=O) groups excluding carboxylic acids is 1. The summed E-state index contributed by atoms with van der Waals surface area (Å²) in [7, 11) is 1.76. The maximum atomic E-state index is 12.3. The minimum Gasteiger partial charge on any atom is -0.480 e. The average molecular weight is 298 g/mol. The topological polar surface area (TPSA) is 69.6 Å². The summed E-state index contributed by atoms with van der Waals surface area (Å²) in [6.45, 7) is 9.95. The fraction of sp³-hybridized carbons (Fsp3) is 0.875. The molecule has 0 aromatic heterocycles. The van der Waals surface area contributed by atoms with Crippen LogP contribution in [0.15, 0.2) is 0 Å². The van der Waals surface area contributed by atoms with Crippen molar-refractivity contribution in [1.29, 1.82) is 0 Å². The van der Waals surface area contributed by atoms with Gasteiger partial charge in [0.1, 0.15) is 6.04 Å². The number of amides is 2. The van der Waals surface area contributed by atoms with E-state index in [-0.39, 0.29) is 12.1 Å². The first kappa shape index (κ1) is 17.8. The van der Waals surface area contributed by atoms with E-state index in [0.29, 0.717) is 5.41 Å². The predicted octanol–water partition coefficient (Wildman–Crippen LogP) is 3.10. The van der Waals surface area contributed by atoms with E-state index < -0.39 is 17.4 Å². The number of aliphatic carboxylic acids is 1. The van der Waals surface area contributed by atoms with E-state index in [1.54, 1.807) is 11.9 Å². The summed E-state index contributed by atoms with van der Waals surface area (Å²) >= 11 is 0. The van der Waals surface area contributed by atoms with Crippen LogP contribution in [0.4, 0.5) is 4.79 Å². The molecule has 5 heteroatoms. The molecule has 122 valence electrons. The molecule has 1 aliphatic carbocycles. The second kappa shape index (κ2) is 6.24. The molecule has 0 bridgehead atoms. The minimum atomic E-state index is -0.992. The fourth-order valence-corrected chi connectivity index (χ4v) is 2.81. The molecule has 0 heterocycles. The lowest BCUT2D eigenvalue weighted by atomic mass is 9.75. The molecule has 1 unspecified atom stereocenters. The third-order valence-corrected chi connectivity index (χ3v) is 4.56. The molecule has 0 aromatic rings. The lowest BCUT2D eigenvalue weighted by Crippen LogP contribution is -2.54. The van der Waals surface area contributed by atoms with E-state index in [0.717, 1.165) is 25.7 Å². The van der Waals surface area contributed by atoms with Crippen LogP contribution >= 0.6 is 0 Å². The van der Waals surface area contributed by atoms with Crippen molar-refractivity contribution in [1.82, 2.24) is 10.2 Å². The Morgan fingerprint density at radius 1 is 1.24 bits per heavy atom. The van der Waals surface area contributed by atoms with Gasteiger partial charge in [-0.25, -0.2) is 9.59 Å². The van der Waals surface area contributed by atoms with Crippen molar-refractivity contribution in [2.24, 2.45) is 10.8 Å². The summed E-state index contributed by atoms with van der Waals surface area (Å²) in [5.41, 5.74) is -0.167. The average Bonchev–Trinajstić information content (AvgIpc) is 2.33. The highest BCUT2D eigenvalue weighted by atomic mass is 16.4. The molecule has 1 fully saturated rings. The number of hydrogen-bond acceptors (Lipinski definition) is 2. The van der Waals surface area contributed by atoms with E-state index in [9.17, 15) is 14.7 Å². The van der Waals surface area contributed by atoms with Gasteiger partial charge in [-0.15, -0.1) is 0 Å². The molecule has 0 spiro atoms. The highest BCUT2D eigenvalue weighted by molar-refractivity contribution is 5.83. The van der Waals surface area contributed by atoms with E-state index in [1.807, 2.05) is 20.8 Å². The standard InChI is InChI=1S/C16H30N2O3/c1-15(2,3)12(13(19)20)17-14(21)18(6)11-7-9-16(4,5)10-8-11/h11-12H,7-10H2,1-6H3,(H,17,21)(H,19,20). The van der Waals surface area contributed by atoms with Crippen molar-refractivity contribution in [2.45, 2.75) is 72.4 Å². The van der Waals surface area contributed by atoms with Gasteiger partial charge in [0.25, 0.3) is 0 Å². The third-order valence-electron chi connectivity index (χ3n) is 4.56. The number of carbonyl (C=O) groups is 2. The quantitative estimate of drug-likeness (QED) is 0.841. The fourth-order valence-electron chi connectivity index (χ4n) is 2.81. The highest BCUT2D eigenvalue weighted by Crippen LogP contribution is 2.36. The molecule has 21 heavy (non-hydrogen) atoms. The Labute approximate surface area is 128 Å². The first-order chi connectivity index (χ1) is 9.44. The molecule has 5 nitrogen and oxygen atoms in total. The van der Waals surface area contributed by atoms with Crippen molar-refractivity contribution >= 4 is 12.0 Å². The first-order valence-corrected chi connectivity index (χ1v) is 7.70. The van der Waals surface area contributed by atoms with Crippen LogP contribution in [0.5, 0.6) is 0 Å². The minimum absolute atomic E-state index is 0.201. The van der Waals surface area contributed by atoms with Crippen LogP contribution < -0.4 is 5.32 Å². The second-order valence-corrected chi connectivity index (χ2v) is 8.09. The maximum absolute atomic E-state index is 12.3. The third kappa shape index (κ3) is 4.90. The summed E-state index contributed by atoms with van der Waals surface area (Å²) in [5, 5.41) is 11.9. The van der Waals surface area contributed by atoms with Gasteiger partial charge in [0.2, 0.25) is 0 Å². The number of hydrogen-bond donors (Lipinski definition) is 2. The van der Waals surface area contributed by atoms with Crippen LogP contribution in [0.2, 0.25) is 0 Å². The molecule has 1 rings (SSSR count). The van der Waals surface area contributed by atoms with Gasteiger partial charge in [-0.05, 0) is 36.5 Å². The van der Waals surface area contributed by atoms with Crippen LogP contribution in [0, 0.1) is 10.8 Å². The Morgan fingerprint density at radius 3 is 2.10 bits per heavy atom. The normalized spacial score (nSPS) is 20.7. The lowest BCUT2D eigenvalue weighted by Gasteiger charge is -2.39. The van der Waals surface area contributed by atoms with Gasteiger partial charge in [0.15, 0.2) is 0 Å². The van der Waals surface area contributed by atoms with Crippen LogP contribution in [0.3, 0.4) is 0 Å². The number of nitrogens with one attached hydrogen (secondary N) is 1. The number of carboxylic acid groups (broad SMARTS) is 1. The Hall–Kier alpha value is -1.26. The van der Waals surface area contributed by atoms with Gasteiger partial charge in [-0.1, -0.05) is 34.6 Å². The smallest absolute Gasteiger partial charge is 0.326 e. The molecule has 2 N–H and O–H groups in total. The summed E-state index contributed by atoms with van der Waals surface area (Å²) in [6, 6.07) is -0.970. The Bertz CT molecular complexity index is 389. The molecule has 0 aliphatic heterocycles. The number of urea groups is 1. The first-order valence-electron chi connectivity index (χ1n) is 7.70. The van der Waals surface area contributed by atoms with Gasteiger partial charge >= 0.3 is 12.0 Å². The van der Waals surface area contributed by atoms with Crippen molar-refractivity contribution < 1.29 is 14.7 Å². The van der Waals surface area contributed by atoms with Gasteiger partial charge in [0.05, 0.1) is 0 Å². The summed E-state index contributed by atoms with van der Waals surface area (Å²) in [5.74, 6) is -0.992. The molecule has 0 saturated heterocycles. The molecule has 1 aliphatic rings. The second-order valence-electron chi connectivity index (χ2n) is 8.09.